The van der Waals surface area contributed by atoms with E-state index in [4.69, 9.17) is 16.3 Å². The molecular weight excluding hydrogens is 350 g/mol. The van der Waals surface area contributed by atoms with Crippen LogP contribution in [0.1, 0.15) is 11.1 Å². The molecule has 0 unspecified atom stereocenters. The summed E-state index contributed by atoms with van der Waals surface area (Å²) in [4.78, 5) is 16.8. The maximum atomic E-state index is 12.6. The van der Waals surface area contributed by atoms with Crippen molar-refractivity contribution in [1.29, 1.82) is 0 Å². The highest BCUT2D eigenvalue weighted by Gasteiger charge is 2.22. The van der Waals surface area contributed by atoms with E-state index in [9.17, 15) is 4.79 Å². The number of nitrogens with one attached hydrogen (secondary N) is 1. The van der Waals surface area contributed by atoms with Crippen LogP contribution in [0.4, 0.5) is 10.5 Å². The number of urea groups is 1. The maximum absolute atomic E-state index is 12.6. The maximum Gasteiger partial charge on any atom is 0.322 e. The molecule has 1 heterocycles. The molecular formula is C20H24ClN3O2. The van der Waals surface area contributed by atoms with Gasteiger partial charge in [-0.2, -0.15) is 0 Å². The molecule has 6 heteroatoms. The van der Waals surface area contributed by atoms with Gasteiger partial charge < -0.3 is 15.0 Å². The summed E-state index contributed by atoms with van der Waals surface area (Å²) < 4.78 is 5.33. The van der Waals surface area contributed by atoms with Crippen LogP contribution in [0.25, 0.3) is 0 Å². The lowest BCUT2D eigenvalue weighted by Crippen LogP contribution is -2.49. The molecule has 1 aliphatic rings. The van der Waals surface area contributed by atoms with Crippen molar-refractivity contribution in [1.82, 2.24) is 9.80 Å². The van der Waals surface area contributed by atoms with E-state index in [1.54, 1.807) is 13.2 Å². The minimum absolute atomic E-state index is 0.107. The zero-order chi connectivity index (χ0) is 18.5. The molecule has 1 saturated heterocycles. The van der Waals surface area contributed by atoms with Gasteiger partial charge in [-0.05, 0) is 24.1 Å². The van der Waals surface area contributed by atoms with Crippen LogP contribution in [0.2, 0.25) is 5.02 Å². The van der Waals surface area contributed by atoms with Crippen molar-refractivity contribution < 1.29 is 9.53 Å². The number of methoxy groups -OCH3 is 1. The lowest BCUT2D eigenvalue weighted by Gasteiger charge is -2.34. The molecule has 26 heavy (non-hydrogen) atoms. The van der Waals surface area contributed by atoms with Gasteiger partial charge in [-0.25, -0.2) is 4.79 Å². The molecule has 1 aliphatic heterocycles. The van der Waals surface area contributed by atoms with Crippen LogP contribution in [0.15, 0.2) is 42.5 Å². The average molecular weight is 374 g/mol. The molecule has 0 radical (unpaired) electrons. The Hall–Kier alpha value is -2.24. The second-order valence-electron chi connectivity index (χ2n) is 6.48. The molecule has 0 aromatic heterocycles. The van der Waals surface area contributed by atoms with Crippen molar-refractivity contribution in [3.8, 4) is 5.75 Å². The van der Waals surface area contributed by atoms with E-state index in [1.165, 1.54) is 5.56 Å². The summed E-state index contributed by atoms with van der Waals surface area (Å²) in [6.07, 6.45) is 0. The van der Waals surface area contributed by atoms with E-state index in [0.29, 0.717) is 29.5 Å². The smallest absolute Gasteiger partial charge is 0.322 e. The van der Waals surface area contributed by atoms with Gasteiger partial charge in [0, 0.05) is 43.8 Å². The number of amides is 2. The van der Waals surface area contributed by atoms with E-state index in [1.807, 2.05) is 24.0 Å². The standard InChI is InChI=1S/C20H24ClN3O2/c1-15-12-18(19(26-2)13-17(15)21)22-20(25)24-10-8-23(9-11-24)14-16-6-4-3-5-7-16/h3-7,12-13H,8-11,14H2,1-2H3,(H,22,25). The predicted octanol–water partition coefficient (Wildman–Crippen LogP) is 4.01. The number of hydrogen-bond donors (Lipinski definition) is 1. The van der Waals surface area contributed by atoms with Gasteiger partial charge in [0.25, 0.3) is 0 Å². The first-order valence-corrected chi connectivity index (χ1v) is 9.11. The predicted molar refractivity (Wildman–Crippen MR) is 105 cm³/mol. The van der Waals surface area contributed by atoms with Gasteiger partial charge in [0.05, 0.1) is 12.8 Å². The Labute approximate surface area is 159 Å². The Morgan fingerprint density at radius 3 is 2.50 bits per heavy atom. The van der Waals surface area contributed by atoms with Crippen molar-refractivity contribution >= 4 is 23.3 Å². The van der Waals surface area contributed by atoms with Gasteiger partial charge in [-0.1, -0.05) is 41.9 Å². The number of nitrogens with zero attached hydrogens (tertiary/aromatic N) is 2. The molecule has 3 rings (SSSR count). The number of ether oxygens (including phenoxy) is 1. The minimum atomic E-state index is -0.107. The Morgan fingerprint density at radius 2 is 1.85 bits per heavy atom. The molecule has 2 aromatic carbocycles. The number of piperazine rings is 1. The summed E-state index contributed by atoms with van der Waals surface area (Å²) in [6.45, 7) is 5.94. The molecule has 2 amide bonds. The highest BCUT2D eigenvalue weighted by molar-refractivity contribution is 6.31. The van der Waals surface area contributed by atoms with E-state index < -0.39 is 0 Å². The lowest BCUT2D eigenvalue weighted by atomic mass is 10.2. The van der Waals surface area contributed by atoms with Crippen molar-refractivity contribution in [2.24, 2.45) is 0 Å². The van der Waals surface area contributed by atoms with Gasteiger partial charge in [0.2, 0.25) is 0 Å². The Morgan fingerprint density at radius 1 is 1.15 bits per heavy atom. The van der Waals surface area contributed by atoms with Gasteiger partial charge in [-0.15, -0.1) is 0 Å². The molecule has 138 valence electrons. The number of halogens is 1. The van der Waals surface area contributed by atoms with Gasteiger partial charge in [-0.3, -0.25) is 4.90 Å². The van der Waals surface area contributed by atoms with Crippen LogP contribution in [0, 0.1) is 6.92 Å². The van der Waals surface area contributed by atoms with Crippen LogP contribution in [-0.4, -0.2) is 49.1 Å². The number of anilines is 1. The fourth-order valence-corrected chi connectivity index (χ4v) is 3.23. The third kappa shape index (κ3) is 4.48. The highest BCUT2D eigenvalue weighted by atomic mass is 35.5. The van der Waals surface area contributed by atoms with E-state index in [2.05, 4.69) is 34.5 Å². The van der Waals surface area contributed by atoms with Gasteiger partial charge >= 0.3 is 6.03 Å². The van der Waals surface area contributed by atoms with Crippen molar-refractivity contribution in [3.63, 3.8) is 0 Å². The SMILES string of the molecule is COc1cc(Cl)c(C)cc1NC(=O)N1CCN(Cc2ccccc2)CC1. The van der Waals surface area contributed by atoms with E-state index in [-0.39, 0.29) is 6.03 Å². The normalized spacial score (nSPS) is 15.0. The third-order valence-electron chi connectivity index (χ3n) is 4.63. The largest absolute Gasteiger partial charge is 0.495 e. The van der Waals surface area contributed by atoms with E-state index in [0.717, 1.165) is 25.2 Å². The summed E-state index contributed by atoms with van der Waals surface area (Å²) >= 11 is 6.12. The van der Waals surface area contributed by atoms with E-state index >= 15 is 0 Å². The summed E-state index contributed by atoms with van der Waals surface area (Å²) in [6, 6.07) is 13.9. The van der Waals surface area contributed by atoms with Crippen LogP contribution in [0.3, 0.4) is 0 Å². The molecule has 1 N–H and O–H groups in total. The zero-order valence-electron chi connectivity index (χ0n) is 15.2. The number of rotatable bonds is 4. The first-order valence-electron chi connectivity index (χ1n) is 8.73. The van der Waals surface area contributed by atoms with Gasteiger partial charge in [0.1, 0.15) is 5.75 Å². The topological polar surface area (TPSA) is 44.8 Å². The quantitative estimate of drug-likeness (QED) is 0.880. The average Bonchev–Trinajstić information content (AvgIpc) is 2.66. The lowest BCUT2D eigenvalue weighted by molar-refractivity contribution is 0.143. The summed E-state index contributed by atoms with van der Waals surface area (Å²) in [5, 5.41) is 3.57. The highest BCUT2D eigenvalue weighted by Crippen LogP contribution is 2.31. The molecule has 1 fully saturated rings. The third-order valence-corrected chi connectivity index (χ3v) is 5.04. The number of carbonyl (C=O) groups excluding carboxylic acids is 1. The first-order chi connectivity index (χ1) is 12.6. The van der Waals surface area contributed by atoms with Crippen LogP contribution >= 0.6 is 11.6 Å². The number of aryl methyl sites for hydroxylation is 1. The molecule has 0 atom stereocenters. The number of hydrogen-bond acceptors (Lipinski definition) is 3. The second kappa shape index (κ2) is 8.43. The first kappa shape index (κ1) is 18.5. The molecule has 0 saturated carbocycles. The fraction of sp³-hybridized carbons (Fsp3) is 0.350. The molecule has 0 spiro atoms. The number of benzene rings is 2. The molecule has 0 bridgehead atoms. The molecule has 2 aromatic rings. The fourth-order valence-electron chi connectivity index (χ4n) is 3.07. The van der Waals surface area contributed by atoms with Crippen LogP contribution in [-0.2, 0) is 6.54 Å². The second-order valence-corrected chi connectivity index (χ2v) is 6.89. The van der Waals surface area contributed by atoms with Crippen molar-refractivity contribution in [3.05, 3.63) is 58.6 Å². The van der Waals surface area contributed by atoms with Crippen LogP contribution in [0.5, 0.6) is 5.75 Å². The minimum Gasteiger partial charge on any atom is -0.495 e. The van der Waals surface area contributed by atoms with Crippen LogP contribution < -0.4 is 10.1 Å². The monoisotopic (exact) mass is 373 g/mol. The summed E-state index contributed by atoms with van der Waals surface area (Å²) in [5.41, 5.74) is 2.84. The Balaban J connectivity index is 1.56. The van der Waals surface area contributed by atoms with Gasteiger partial charge in [0.15, 0.2) is 0 Å². The summed E-state index contributed by atoms with van der Waals surface area (Å²) in [5.74, 6) is 0.566. The van der Waals surface area contributed by atoms with Crippen molar-refractivity contribution in [2.75, 3.05) is 38.6 Å². The Bertz CT molecular complexity index is 759. The van der Waals surface area contributed by atoms with Crippen molar-refractivity contribution in [2.45, 2.75) is 13.5 Å². The zero-order valence-corrected chi connectivity index (χ0v) is 15.9. The molecule has 0 aliphatic carbocycles. The summed E-state index contributed by atoms with van der Waals surface area (Å²) in [7, 11) is 1.57. The number of carbonyl (C=O) groups is 1. The molecule has 5 nitrogen and oxygen atoms in total. The Kier molecular flexibility index (Phi) is 6.01.